The van der Waals surface area contributed by atoms with Crippen LogP contribution in [0.1, 0.15) is 12.0 Å². The van der Waals surface area contributed by atoms with Crippen LogP contribution in [0.5, 0.6) is 0 Å². The van der Waals surface area contributed by atoms with Gasteiger partial charge in [-0.25, -0.2) is 4.79 Å². The number of likely N-dealkylation sites (N-methyl/N-ethyl adjacent to an activating group) is 1. The van der Waals surface area contributed by atoms with Gasteiger partial charge < -0.3 is 14.7 Å². The first-order chi connectivity index (χ1) is 9.99. The van der Waals surface area contributed by atoms with Crippen molar-refractivity contribution in [1.82, 2.24) is 9.80 Å². The first kappa shape index (κ1) is 15.3. The third-order valence-electron chi connectivity index (χ3n) is 3.44. The van der Waals surface area contributed by atoms with E-state index in [2.05, 4.69) is 0 Å². The molecule has 0 aromatic heterocycles. The molecule has 1 aromatic rings. The van der Waals surface area contributed by atoms with Crippen molar-refractivity contribution in [2.75, 3.05) is 20.6 Å². The molecule has 0 aliphatic carbocycles. The monoisotopic (exact) mass is 292 g/mol. The van der Waals surface area contributed by atoms with E-state index in [9.17, 15) is 14.7 Å². The summed E-state index contributed by atoms with van der Waals surface area (Å²) in [5.74, 6) is -0.205. The third kappa shape index (κ3) is 3.72. The Bertz CT molecular complexity index is 504. The van der Waals surface area contributed by atoms with Gasteiger partial charge in [0.1, 0.15) is 12.6 Å². The number of nitrogens with zero attached hydrogens (tertiary/aromatic N) is 2. The van der Waals surface area contributed by atoms with Crippen molar-refractivity contribution in [3.05, 3.63) is 35.9 Å². The number of aliphatic hydroxyl groups excluding tert-OH is 1. The second-order valence-corrected chi connectivity index (χ2v) is 5.33. The number of hydrogen-bond acceptors (Lipinski definition) is 4. The van der Waals surface area contributed by atoms with Gasteiger partial charge in [0, 0.05) is 20.5 Å². The number of hydrogen-bond donors (Lipinski definition) is 1. The molecule has 1 aliphatic rings. The molecule has 2 amide bonds. The number of ether oxygens (including phenoxy) is 1. The number of rotatable bonds is 3. The zero-order chi connectivity index (χ0) is 15.4. The second-order valence-electron chi connectivity index (χ2n) is 5.33. The van der Waals surface area contributed by atoms with E-state index in [0.717, 1.165) is 5.56 Å². The van der Waals surface area contributed by atoms with E-state index in [4.69, 9.17) is 4.74 Å². The van der Waals surface area contributed by atoms with Crippen LogP contribution >= 0.6 is 0 Å². The fraction of sp³-hybridized carbons (Fsp3) is 0.467. The maximum atomic E-state index is 12.1. The molecular weight excluding hydrogens is 272 g/mol. The molecule has 1 N–H and O–H groups in total. The van der Waals surface area contributed by atoms with Gasteiger partial charge in [-0.1, -0.05) is 30.3 Å². The Kier molecular flexibility index (Phi) is 4.80. The van der Waals surface area contributed by atoms with Gasteiger partial charge in [-0.05, 0) is 5.56 Å². The Balaban J connectivity index is 1.98. The van der Waals surface area contributed by atoms with Gasteiger partial charge in [0.15, 0.2) is 0 Å². The Morgan fingerprint density at radius 3 is 2.62 bits per heavy atom. The summed E-state index contributed by atoms with van der Waals surface area (Å²) < 4.78 is 5.23. The lowest BCUT2D eigenvalue weighted by Gasteiger charge is -2.25. The highest BCUT2D eigenvalue weighted by molar-refractivity contribution is 5.86. The molecule has 1 aliphatic heterocycles. The van der Waals surface area contributed by atoms with Gasteiger partial charge in [-0.15, -0.1) is 0 Å². The summed E-state index contributed by atoms with van der Waals surface area (Å²) in [4.78, 5) is 26.9. The van der Waals surface area contributed by atoms with Crippen molar-refractivity contribution in [3.8, 4) is 0 Å². The van der Waals surface area contributed by atoms with Crippen LogP contribution in [0, 0.1) is 0 Å². The molecule has 6 nitrogen and oxygen atoms in total. The predicted molar refractivity (Wildman–Crippen MR) is 76.4 cm³/mol. The van der Waals surface area contributed by atoms with E-state index in [1.807, 2.05) is 30.3 Å². The van der Waals surface area contributed by atoms with Crippen LogP contribution in [0.2, 0.25) is 0 Å². The zero-order valence-corrected chi connectivity index (χ0v) is 12.2. The number of carbonyl (C=O) groups is 2. The number of β-amino-alcohol motifs (C(OH)–C–C–N with tert-alkyl or cyclic N) is 1. The molecule has 21 heavy (non-hydrogen) atoms. The lowest BCUT2D eigenvalue weighted by atomic mass is 10.2. The van der Waals surface area contributed by atoms with E-state index < -0.39 is 18.2 Å². The maximum absolute atomic E-state index is 12.1. The standard InChI is InChI=1S/C15H20N2O4/c1-16(2)14(19)13-8-12(18)9-17(13)15(20)21-10-11-6-4-3-5-7-11/h3-7,12-13,18H,8-10H2,1-2H3/t12-,13-/m0/s1. The summed E-state index contributed by atoms with van der Waals surface area (Å²) in [6.45, 7) is 0.271. The average Bonchev–Trinajstić information content (AvgIpc) is 2.87. The third-order valence-corrected chi connectivity index (χ3v) is 3.44. The maximum Gasteiger partial charge on any atom is 0.410 e. The molecule has 0 saturated carbocycles. The van der Waals surface area contributed by atoms with Gasteiger partial charge in [0.2, 0.25) is 5.91 Å². The fourth-order valence-corrected chi connectivity index (χ4v) is 2.35. The summed E-state index contributed by atoms with van der Waals surface area (Å²) >= 11 is 0. The average molecular weight is 292 g/mol. The van der Waals surface area contributed by atoms with Crippen LogP contribution in [0.15, 0.2) is 30.3 Å². The van der Waals surface area contributed by atoms with Gasteiger partial charge in [0.25, 0.3) is 0 Å². The largest absolute Gasteiger partial charge is 0.445 e. The highest BCUT2D eigenvalue weighted by Gasteiger charge is 2.40. The lowest BCUT2D eigenvalue weighted by molar-refractivity contribution is -0.133. The molecule has 2 atom stereocenters. The van der Waals surface area contributed by atoms with Gasteiger partial charge in [-0.3, -0.25) is 9.69 Å². The van der Waals surface area contributed by atoms with Crippen molar-refractivity contribution in [2.24, 2.45) is 0 Å². The smallest absolute Gasteiger partial charge is 0.410 e. The number of aliphatic hydroxyl groups is 1. The van der Waals surface area contributed by atoms with Crippen molar-refractivity contribution < 1.29 is 19.4 Å². The van der Waals surface area contributed by atoms with Crippen LogP contribution in [0.4, 0.5) is 4.79 Å². The van der Waals surface area contributed by atoms with Gasteiger partial charge >= 0.3 is 6.09 Å². The molecule has 114 valence electrons. The highest BCUT2D eigenvalue weighted by Crippen LogP contribution is 2.20. The molecular formula is C15H20N2O4. The fourth-order valence-electron chi connectivity index (χ4n) is 2.35. The second kappa shape index (κ2) is 6.58. The quantitative estimate of drug-likeness (QED) is 0.896. The van der Waals surface area contributed by atoms with E-state index in [1.165, 1.54) is 9.80 Å². The van der Waals surface area contributed by atoms with Crippen LogP contribution in [0.3, 0.4) is 0 Å². The summed E-state index contributed by atoms with van der Waals surface area (Å²) in [5, 5.41) is 9.71. The minimum atomic E-state index is -0.692. The van der Waals surface area contributed by atoms with E-state index >= 15 is 0 Å². The zero-order valence-electron chi connectivity index (χ0n) is 12.2. The summed E-state index contributed by atoms with van der Waals surface area (Å²) in [6, 6.07) is 8.66. The number of benzene rings is 1. The summed E-state index contributed by atoms with van der Waals surface area (Å²) in [6.07, 6.45) is -1.02. The van der Waals surface area contributed by atoms with E-state index in [0.29, 0.717) is 0 Å². The molecule has 1 heterocycles. The summed E-state index contributed by atoms with van der Waals surface area (Å²) in [5.41, 5.74) is 0.876. The Labute approximate surface area is 123 Å². The number of carbonyl (C=O) groups excluding carboxylic acids is 2. The normalized spacial score (nSPS) is 21.2. The Morgan fingerprint density at radius 1 is 1.33 bits per heavy atom. The number of amides is 2. The Morgan fingerprint density at radius 2 is 2.00 bits per heavy atom. The van der Waals surface area contributed by atoms with Crippen LogP contribution < -0.4 is 0 Å². The van der Waals surface area contributed by atoms with Crippen molar-refractivity contribution in [2.45, 2.75) is 25.2 Å². The van der Waals surface area contributed by atoms with Crippen molar-refractivity contribution >= 4 is 12.0 Å². The molecule has 1 aromatic carbocycles. The molecule has 0 bridgehead atoms. The van der Waals surface area contributed by atoms with E-state index in [-0.39, 0.29) is 25.5 Å². The Hall–Kier alpha value is -2.08. The molecule has 0 spiro atoms. The first-order valence-electron chi connectivity index (χ1n) is 6.85. The number of likely N-dealkylation sites (tertiary alicyclic amines) is 1. The summed E-state index contributed by atoms with van der Waals surface area (Å²) in [7, 11) is 3.25. The minimum Gasteiger partial charge on any atom is -0.445 e. The van der Waals surface area contributed by atoms with Crippen LogP contribution in [-0.4, -0.2) is 59.7 Å². The topological polar surface area (TPSA) is 70.1 Å². The lowest BCUT2D eigenvalue weighted by Crippen LogP contribution is -2.45. The highest BCUT2D eigenvalue weighted by atomic mass is 16.6. The van der Waals surface area contributed by atoms with Crippen molar-refractivity contribution in [3.63, 3.8) is 0 Å². The van der Waals surface area contributed by atoms with Crippen LogP contribution in [-0.2, 0) is 16.1 Å². The van der Waals surface area contributed by atoms with Crippen LogP contribution in [0.25, 0.3) is 0 Å². The molecule has 2 rings (SSSR count). The molecule has 6 heteroatoms. The molecule has 1 saturated heterocycles. The molecule has 1 fully saturated rings. The van der Waals surface area contributed by atoms with E-state index in [1.54, 1.807) is 14.1 Å². The SMILES string of the molecule is CN(C)C(=O)[C@@H]1C[C@H](O)CN1C(=O)OCc1ccccc1. The van der Waals surface area contributed by atoms with Crippen molar-refractivity contribution in [1.29, 1.82) is 0 Å². The van der Waals surface area contributed by atoms with Gasteiger partial charge in [0.05, 0.1) is 12.6 Å². The minimum absolute atomic E-state index is 0.123. The first-order valence-corrected chi connectivity index (χ1v) is 6.85. The molecule has 0 unspecified atom stereocenters. The van der Waals surface area contributed by atoms with Gasteiger partial charge in [-0.2, -0.15) is 0 Å². The molecule has 0 radical (unpaired) electrons. The predicted octanol–water partition coefficient (Wildman–Crippen LogP) is 0.847.